The number of nitrogens with one attached hydrogen (secondary N) is 1. The number of hydrogen-bond donors (Lipinski definition) is 1. The summed E-state index contributed by atoms with van der Waals surface area (Å²) < 4.78 is 0. The van der Waals surface area contributed by atoms with Crippen molar-refractivity contribution in [1.29, 1.82) is 5.26 Å². The van der Waals surface area contributed by atoms with Gasteiger partial charge in [-0.3, -0.25) is 0 Å². The Bertz CT molecular complexity index is 497. The van der Waals surface area contributed by atoms with E-state index in [-0.39, 0.29) is 0 Å². The van der Waals surface area contributed by atoms with Crippen molar-refractivity contribution in [2.24, 2.45) is 11.8 Å². The van der Waals surface area contributed by atoms with Gasteiger partial charge in [-0.1, -0.05) is 51.0 Å². The monoisotopic (exact) mass is 282 g/mol. The zero-order valence-electron chi connectivity index (χ0n) is 12.9. The zero-order valence-corrected chi connectivity index (χ0v) is 12.9. The Morgan fingerprint density at radius 2 is 1.71 bits per heavy atom. The van der Waals surface area contributed by atoms with Gasteiger partial charge in [0.1, 0.15) is 0 Å². The maximum atomic E-state index is 9.05. The second-order valence-corrected chi connectivity index (χ2v) is 6.79. The highest BCUT2D eigenvalue weighted by atomic mass is 14.9. The summed E-state index contributed by atoms with van der Waals surface area (Å²) in [5.74, 6) is 1.76. The van der Waals surface area contributed by atoms with Crippen LogP contribution < -0.4 is 5.32 Å². The van der Waals surface area contributed by atoms with Gasteiger partial charge in [-0.15, -0.1) is 0 Å². The zero-order chi connectivity index (χ0) is 14.5. The summed E-state index contributed by atoms with van der Waals surface area (Å²) in [5, 5.41) is 12.8. The standard InChI is InChI=1S/C19H26N2/c20-14-15-7-6-10-17(13-15)21-19-12-5-4-11-18(19)16-8-2-1-3-9-16/h6-7,10,13,16,18-19,21H,1-5,8-9,11-12H2. The molecular formula is C19H26N2. The maximum absolute atomic E-state index is 9.05. The van der Waals surface area contributed by atoms with Gasteiger partial charge in [0.15, 0.2) is 0 Å². The molecule has 2 aliphatic rings. The third-order valence-corrected chi connectivity index (χ3v) is 5.42. The van der Waals surface area contributed by atoms with Crippen LogP contribution in [0.15, 0.2) is 24.3 Å². The van der Waals surface area contributed by atoms with Gasteiger partial charge in [0, 0.05) is 11.7 Å². The lowest BCUT2D eigenvalue weighted by atomic mass is 9.71. The minimum Gasteiger partial charge on any atom is -0.382 e. The fraction of sp³-hybridized carbons (Fsp3) is 0.632. The number of nitriles is 1. The SMILES string of the molecule is N#Cc1cccc(NC2CCCCC2C2CCCCC2)c1. The molecule has 0 aromatic heterocycles. The van der Waals surface area contributed by atoms with Gasteiger partial charge < -0.3 is 5.32 Å². The molecule has 2 heteroatoms. The Balaban J connectivity index is 1.70. The van der Waals surface area contributed by atoms with Crippen LogP contribution in [0.4, 0.5) is 5.69 Å². The van der Waals surface area contributed by atoms with E-state index in [0.29, 0.717) is 6.04 Å². The van der Waals surface area contributed by atoms with Crippen LogP contribution in [-0.4, -0.2) is 6.04 Å². The summed E-state index contributed by atoms with van der Waals surface area (Å²) in [5.41, 5.74) is 1.88. The average molecular weight is 282 g/mol. The summed E-state index contributed by atoms with van der Waals surface area (Å²) in [6, 6.07) is 10.8. The van der Waals surface area contributed by atoms with E-state index in [1.807, 2.05) is 18.2 Å². The first-order valence-corrected chi connectivity index (χ1v) is 8.63. The van der Waals surface area contributed by atoms with Gasteiger partial charge in [0.05, 0.1) is 11.6 Å². The van der Waals surface area contributed by atoms with Crippen LogP contribution >= 0.6 is 0 Å². The maximum Gasteiger partial charge on any atom is 0.0992 e. The Hall–Kier alpha value is -1.49. The molecule has 1 N–H and O–H groups in total. The number of nitrogens with zero attached hydrogens (tertiary/aromatic N) is 1. The van der Waals surface area contributed by atoms with Crippen LogP contribution in [0, 0.1) is 23.2 Å². The highest BCUT2D eigenvalue weighted by Gasteiger charge is 2.32. The molecule has 21 heavy (non-hydrogen) atoms. The molecule has 2 saturated carbocycles. The summed E-state index contributed by atoms with van der Waals surface area (Å²) in [7, 11) is 0. The van der Waals surface area contributed by atoms with Gasteiger partial charge in [0.25, 0.3) is 0 Å². The molecule has 0 amide bonds. The van der Waals surface area contributed by atoms with Crippen LogP contribution in [0.5, 0.6) is 0 Å². The minimum absolute atomic E-state index is 0.607. The predicted octanol–water partition coefficient (Wildman–Crippen LogP) is 5.11. The lowest BCUT2D eigenvalue weighted by Crippen LogP contribution is -2.37. The fourth-order valence-electron chi connectivity index (χ4n) is 4.36. The van der Waals surface area contributed by atoms with Crippen molar-refractivity contribution in [1.82, 2.24) is 0 Å². The summed E-state index contributed by atoms with van der Waals surface area (Å²) in [6.07, 6.45) is 12.6. The Kier molecular flexibility index (Phi) is 4.80. The van der Waals surface area contributed by atoms with E-state index in [1.165, 1.54) is 57.8 Å². The highest BCUT2D eigenvalue weighted by Crippen LogP contribution is 2.39. The first kappa shape index (κ1) is 14.4. The van der Waals surface area contributed by atoms with E-state index < -0.39 is 0 Å². The molecule has 0 heterocycles. The molecule has 112 valence electrons. The third-order valence-electron chi connectivity index (χ3n) is 5.42. The van der Waals surface area contributed by atoms with Crippen LogP contribution in [0.25, 0.3) is 0 Å². The van der Waals surface area contributed by atoms with Crippen molar-refractivity contribution in [2.75, 3.05) is 5.32 Å². The van der Waals surface area contributed by atoms with Gasteiger partial charge in [-0.25, -0.2) is 0 Å². The summed E-state index contributed by atoms with van der Waals surface area (Å²) >= 11 is 0. The first-order valence-electron chi connectivity index (χ1n) is 8.63. The van der Waals surface area contributed by atoms with Crippen LogP contribution in [-0.2, 0) is 0 Å². The second kappa shape index (κ2) is 6.98. The number of anilines is 1. The molecule has 1 aromatic rings. The van der Waals surface area contributed by atoms with E-state index in [4.69, 9.17) is 5.26 Å². The highest BCUT2D eigenvalue weighted by molar-refractivity contribution is 5.49. The Morgan fingerprint density at radius 1 is 0.952 bits per heavy atom. The topological polar surface area (TPSA) is 35.8 Å². The van der Waals surface area contributed by atoms with Crippen molar-refractivity contribution >= 4 is 5.69 Å². The normalized spacial score (nSPS) is 27.0. The molecule has 2 nitrogen and oxygen atoms in total. The number of benzene rings is 1. The van der Waals surface area contributed by atoms with Crippen molar-refractivity contribution in [3.8, 4) is 6.07 Å². The molecule has 2 atom stereocenters. The van der Waals surface area contributed by atoms with Gasteiger partial charge in [-0.05, 0) is 42.9 Å². The lowest BCUT2D eigenvalue weighted by Gasteiger charge is -2.39. The van der Waals surface area contributed by atoms with E-state index >= 15 is 0 Å². The quantitative estimate of drug-likeness (QED) is 0.836. The van der Waals surface area contributed by atoms with Crippen molar-refractivity contribution < 1.29 is 0 Å². The third kappa shape index (κ3) is 3.59. The molecule has 3 rings (SSSR count). The number of hydrogen-bond acceptors (Lipinski definition) is 2. The molecular weight excluding hydrogens is 256 g/mol. The van der Waals surface area contributed by atoms with Crippen LogP contribution in [0.2, 0.25) is 0 Å². The van der Waals surface area contributed by atoms with E-state index in [0.717, 1.165) is 23.1 Å². The fourth-order valence-corrected chi connectivity index (χ4v) is 4.36. The van der Waals surface area contributed by atoms with E-state index in [1.54, 1.807) is 0 Å². The predicted molar refractivity (Wildman–Crippen MR) is 87.1 cm³/mol. The first-order chi connectivity index (χ1) is 10.4. The summed E-state index contributed by atoms with van der Waals surface area (Å²) in [4.78, 5) is 0. The lowest BCUT2D eigenvalue weighted by molar-refractivity contribution is 0.180. The largest absolute Gasteiger partial charge is 0.382 e. The van der Waals surface area contributed by atoms with Crippen molar-refractivity contribution in [3.63, 3.8) is 0 Å². The molecule has 1 aromatic carbocycles. The molecule has 0 spiro atoms. The second-order valence-electron chi connectivity index (χ2n) is 6.79. The van der Waals surface area contributed by atoms with E-state index in [2.05, 4.69) is 17.5 Å². The van der Waals surface area contributed by atoms with Gasteiger partial charge in [-0.2, -0.15) is 5.26 Å². The summed E-state index contributed by atoms with van der Waals surface area (Å²) in [6.45, 7) is 0. The smallest absolute Gasteiger partial charge is 0.0992 e. The van der Waals surface area contributed by atoms with E-state index in [9.17, 15) is 0 Å². The van der Waals surface area contributed by atoms with Gasteiger partial charge in [0.2, 0.25) is 0 Å². The van der Waals surface area contributed by atoms with Crippen molar-refractivity contribution in [3.05, 3.63) is 29.8 Å². The van der Waals surface area contributed by atoms with Crippen LogP contribution in [0.3, 0.4) is 0 Å². The van der Waals surface area contributed by atoms with Gasteiger partial charge >= 0.3 is 0 Å². The molecule has 0 bridgehead atoms. The average Bonchev–Trinajstić information content (AvgIpc) is 2.56. The Labute approximate surface area is 128 Å². The Morgan fingerprint density at radius 3 is 2.52 bits per heavy atom. The molecule has 0 aliphatic heterocycles. The molecule has 2 aliphatic carbocycles. The molecule has 0 saturated heterocycles. The molecule has 2 fully saturated rings. The van der Waals surface area contributed by atoms with Crippen LogP contribution in [0.1, 0.15) is 63.4 Å². The molecule has 0 radical (unpaired) electrons. The minimum atomic E-state index is 0.607. The molecule has 2 unspecified atom stereocenters. The number of rotatable bonds is 3. The van der Waals surface area contributed by atoms with Crippen molar-refractivity contribution in [2.45, 2.75) is 63.8 Å².